The normalized spacial score (nSPS) is 16.2. The zero-order valence-corrected chi connectivity index (χ0v) is 25.8. The molecule has 44 heavy (non-hydrogen) atoms. The molecule has 1 aliphatic heterocycles. The molecular weight excluding hydrogens is 572 g/mol. The number of carbonyl (C=O) groups is 6. The maximum absolute atomic E-state index is 12.2. The SMILES string of the molecule is O=C(CN1CCOCCOCCN(CC(=O)NC(C(=O)O)C(=O)O)CCOCCOCC1)NC(C(=O)O)C(=O)O.[H-].[H-].[H-].[H-].[Li+].[Li+].[Li+].[Li+]. The number of hydrogen-bond acceptors (Lipinski definition) is 12. The van der Waals surface area contributed by atoms with Crippen LogP contribution in [0, 0.1) is 0 Å². The van der Waals surface area contributed by atoms with E-state index in [9.17, 15) is 28.8 Å². The molecule has 6 N–H and O–H groups in total. The van der Waals surface area contributed by atoms with Crippen LogP contribution in [0.2, 0.25) is 0 Å². The Hall–Kier alpha value is -1.03. The van der Waals surface area contributed by atoms with E-state index in [0.29, 0.717) is 0 Å². The van der Waals surface area contributed by atoms with Gasteiger partial charge in [-0.05, 0) is 0 Å². The Morgan fingerprint density at radius 2 is 0.727 bits per heavy atom. The molecule has 0 saturated carbocycles. The third-order valence-corrected chi connectivity index (χ3v) is 5.28. The van der Waals surface area contributed by atoms with Gasteiger partial charge in [0.05, 0.1) is 65.9 Å². The predicted octanol–water partition coefficient (Wildman–Crippen LogP) is -15.6. The molecule has 0 radical (unpaired) electrons. The molecule has 1 fully saturated rings. The van der Waals surface area contributed by atoms with E-state index in [-0.39, 0.29) is 173 Å². The van der Waals surface area contributed by atoms with Crippen molar-refractivity contribution in [2.24, 2.45) is 0 Å². The minimum Gasteiger partial charge on any atom is -1.00 e. The third kappa shape index (κ3) is 23.3. The van der Waals surface area contributed by atoms with Gasteiger partial charge in [-0.1, -0.05) is 0 Å². The standard InChI is InChI=1S/C22H36N4O14.4Li.4H/c27-15(23-17(19(29)30)20(31)32)13-25-1-5-37-9-10-39-7-3-26(4-8-40-12-11-38-6-2-25)14-16(28)24-18(21(33)34)22(35)36;;;;;;;;/h17-18H,1-14H2,(H,23,27)(H,24,28)(H,29,30)(H,31,32)(H,33,34)(H,35,36);;;;;;;;/q;4*+1;4*-1. The van der Waals surface area contributed by atoms with Crippen LogP contribution in [0.15, 0.2) is 0 Å². The van der Waals surface area contributed by atoms with Crippen molar-refractivity contribution in [3.63, 3.8) is 0 Å². The van der Waals surface area contributed by atoms with E-state index in [4.69, 9.17) is 39.4 Å². The first-order chi connectivity index (χ1) is 19.0. The van der Waals surface area contributed by atoms with Gasteiger partial charge in [-0.3, -0.25) is 19.4 Å². The number of amides is 2. The molecule has 0 aromatic heterocycles. The van der Waals surface area contributed by atoms with Gasteiger partial charge >= 0.3 is 99.3 Å². The van der Waals surface area contributed by atoms with Gasteiger partial charge in [0.2, 0.25) is 23.9 Å². The molecule has 1 saturated heterocycles. The van der Waals surface area contributed by atoms with Crippen molar-refractivity contribution >= 4 is 35.7 Å². The Morgan fingerprint density at radius 3 is 0.932 bits per heavy atom. The van der Waals surface area contributed by atoms with Gasteiger partial charge in [0, 0.05) is 26.2 Å². The minimum atomic E-state index is -2.06. The van der Waals surface area contributed by atoms with Crippen LogP contribution in [-0.4, -0.2) is 170 Å². The van der Waals surface area contributed by atoms with Crippen molar-refractivity contribution in [2.45, 2.75) is 12.1 Å². The van der Waals surface area contributed by atoms with Crippen LogP contribution in [-0.2, 0) is 47.7 Å². The summed E-state index contributed by atoms with van der Waals surface area (Å²) in [5.74, 6) is -8.34. The fourth-order valence-corrected chi connectivity index (χ4v) is 3.24. The maximum Gasteiger partial charge on any atom is 1.00 e. The number of carboxylic acid groups (broad SMARTS) is 4. The van der Waals surface area contributed by atoms with E-state index in [1.54, 1.807) is 9.80 Å². The van der Waals surface area contributed by atoms with Crippen LogP contribution < -0.4 is 86.1 Å². The first-order valence-corrected chi connectivity index (χ1v) is 12.3. The number of nitrogens with one attached hydrogen (secondary N) is 2. The van der Waals surface area contributed by atoms with E-state index in [1.807, 2.05) is 10.6 Å². The van der Waals surface area contributed by atoms with E-state index >= 15 is 0 Å². The molecule has 0 aromatic carbocycles. The Bertz CT molecular complexity index is 781. The Balaban J connectivity index is -0.000000333. The van der Waals surface area contributed by atoms with Gasteiger partial charge in [-0.15, -0.1) is 0 Å². The fraction of sp³-hybridized carbons (Fsp3) is 0.727. The number of hydrogen-bond donors (Lipinski definition) is 6. The smallest absolute Gasteiger partial charge is 1.00 e. The van der Waals surface area contributed by atoms with Crippen molar-refractivity contribution < 1.29 is 149 Å². The van der Waals surface area contributed by atoms with Gasteiger partial charge in [0.25, 0.3) is 0 Å². The van der Waals surface area contributed by atoms with Crippen LogP contribution in [0.3, 0.4) is 0 Å². The van der Waals surface area contributed by atoms with Crippen molar-refractivity contribution in [3.05, 3.63) is 0 Å². The summed E-state index contributed by atoms with van der Waals surface area (Å²) in [7, 11) is 0. The molecule has 0 bridgehead atoms. The minimum absolute atomic E-state index is 0. The molecular formula is C22H40Li4N4O14. The number of nitrogens with zero attached hydrogens (tertiary/aromatic N) is 2. The molecule has 1 heterocycles. The summed E-state index contributed by atoms with van der Waals surface area (Å²) in [5.41, 5.74) is 0. The Labute approximate surface area is 308 Å². The van der Waals surface area contributed by atoms with Gasteiger partial charge in [0.15, 0.2) is 0 Å². The summed E-state index contributed by atoms with van der Waals surface area (Å²) in [6.45, 7) is 1.98. The molecule has 2 amide bonds. The van der Waals surface area contributed by atoms with Crippen molar-refractivity contribution in [3.8, 4) is 0 Å². The van der Waals surface area contributed by atoms with Gasteiger partial charge < -0.3 is 55.7 Å². The molecule has 0 unspecified atom stereocenters. The van der Waals surface area contributed by atoms with E-state index in [2.05, 4.69) is 0 Å². The molecule has 22 heteroatoms. The molecule has 0 atom stereocenters. The summed E-state index contributed by atoms with van der Waals surface area (Å²) < 4.78 is 22.0. The van der Waals surface area contributed by atoms with Crippen LogP contribution in [0.4, 0.5) is 0 Å². The number of carboxylic acids is 4. The molecule has 236 valence electrons. The zero-order chi connectivity index (χ0) is 29.9. The van der Waals surface area contributed by atoms with Gasteiger partial charge in [-0.25, -0.2) is 19.2 Å². The largest absolute Gasteiger partial charge is 1.00 e. The number of ether oxygens (including phenoxy) is 4. The molecule has 1 aliphatic rings. The average Bonchev–Trinajstić information content (AvgIpc) is 2.87. The number of aliphatic carboxylic acids is 4. The van der Waals surface area contributed by atoms with E-state index < -0.39 is 47.8 Å². The fourth-order valence-electron chi connectivity index (χ4n) is 3.24. The van der Waals surface area contributed by atoms with E-state index in [0.717, 1.165) is 0 Å². The van der Waals surface area contributed by atoms with Crippen molar-refractivity contribution in [1.29, 1.82) is 0 Å². The van der Waals surface area contributed by atoms with Crippen molar-refractivity contribution in [2.75, 3.05) is 92.1 Å². The van der Waals surface area contributed by atoms with Crippen LogP contribution in [0.1, 0.15) is 5.71 Å². The number of carbonyl (C=O) groups excluding carboxylic acids is 2. The zero-order valence-electron chi connectivity index (χ0n) is 29.8. The second kappa shape index (κ2) is 29.4. The third-order valence-electron chi connectivity index (χ3n) is 5.28. The van der Waals surface area contributed by atoms with Crippen LogP contribution in [0.25, 0.3) is 0 Å². The molecule has 1 rings (SSSR count). The quantitative estimate of drug-likeness (QED) is 0.0990. The van der Waals surface area contributed by atoms with Crippen molar-refractivity contribution in [1.82, 2.24) is 20.4 Å². The van der Waals surface area contributed by atoms with Gasteiger partial charge in [-0.2, -0.15) is 0 Å². The summed E-state index contributed by atoms with van der Waals surface area (Å²) in [6, 6.07) is -4.13. The first-order valence-electron chi connectivity index (χ1n) is 12.3. The summed E-state index contributed by atoms with van der Waals surface area (Å²) >= 11 is 0. The second-order valence-corrected chi connectivity index (χ2v) is 8.36. The number of rotatable bonds is 10. The summed E-state index contributed by atoms with van der Waals surface area (Å²) in [4.78, 5) is 71.6. The summed E-state index contributed by atoms with van der Waals surface area (Å²) in [5, 5.41) is 39.6. The molecule has 0 spiro atoms. The van der Waals surface area contributed by atoms with Crippen LogP contribution in [0.5, 0.6) is 0 Å². The molecule has 18 nitrogen and oxygen atoms in total. The first kappa shape index (κ1) is 49.8. The topological polar surface area (TPSA) is 251 Å². The second-order valence-electron chi connectivity index (χ2n) is 8.36. The predicted molar refractivity (Wildman–Crippen MR) is 135 cm³/mol. The molecule has 0 aromatic rings. The Morgan fingerprint density at radius 1 is 0.500 bits per heavy atom. The summed E-state index contributed by atoms with van der Waals surface area (Å²) in [6.07, 6.45) is 0. The van der Waals surface area contributed by atoms with Crippen LogP contribution >= 0.6 is 0 Å². The monoisotopic (exact) mass is 612 g/mol. The molecule has 0 aliphatic carbocycles. The van der Waals surface area contributed by atoms with Gasteiger partial charge in [0.1, 0.15) is 0 Å². The average molecular weight is 612 g/mol. The maximum atomic E-state index is 12.2. The Kier molecular flexibility index (Phi) is 33.3. The van der Waals surface area contributed by atoms with E-state index in [1.165, 1.54) is 0 Å².